The lowest BCUT2D eigenvalue weighted by molar-refractivity contribution is -0.140. The third-order valence-electron chi connectivity index (χ3n) is 5.07. The molecule has 1 saturated carbocycles. The van der Waals surface area contributed by atoms with Crippen LogP contribution in [-0.4, -0.2) is 56.7 Å². The molecule has 0 spiro atoms. The van der Waals surface area contributed by atoms with Crippen molar-refractivity contribution in [3.05, 3.63) is 11.9 Å². The maximum atomic E-state index is 12.6. The molecule has 1 aromatic heterocycles. The van der Waals surface area contributed by atoms with Crippen LogP contribution in [0.4, 0.5) is 0 Å². The lowest BCUT2D eigenvalue weighted by Crippen LogP contribution is -2.47. The molecule has 134 valence electrons. The molecule has 0 bridgehead atoms. The summed E-state index contributed by atoms with van der Waals surface area (Å²) in [6, 6.07) is 0. The van der Waals surface area contributed by atoms with Crippen LogP contribution in [0.1, 0.15) is 50.6 Å². The summed E-state index contributed by atoms with van der Waals surface area (Å²) in [4.78, 5) is 14.6. The van der Waals surface area contributed by atoms with Crippen LogP contribution in [0.15, 0.2) is 6.20 Å². The topological polar surface area (TPSA) is 80.5 Å². The summed E-state index contributed by atoms with van der Waals surface area (Å²) < 4.78 is 7.45. The Kier molecular flexibility index (Phi) is 6.20. The van der Waals surface area contributed by atoms with E-state index in [0.717, 1.165) is 0 Å². The number of morpholine rings is 1. The van der Waals surface area contributed by atoms with Gasteiger partial charge in [0.15, 0.2) is 0 Å². The van der Waals surface area contributed by atoms with Crippen LogP contribution in [0.2, 0.25) is 0 Å². The molecule has 1 amide bonds. The van der Waals surface area contributed by atoms with E-state index in [4.69, 9.17) is 9.84 Å². The Balaban J connectivity index is 1.49. The molecule has 3 rings (SSSR count). The van der Waals surface area contributed by atoms with E-state index in [1.54, 1.807) is 10.9 Å². The molecule has 1 aromatic rings. The SMILES string of the molecule is O=C(CC1CCCCCC1)N1CCOC(Cn2cc(CO)nn2)C1. The Morgan fingerprint density at radius 1 is 1.29 bits per heavy atom. The van der Waals surface area contributed by atoms with Crippen LogP contribution in [-0.2, 0) is 22.7 Å². The normalized spacial score (nSPS) is 23.2. The van der Waals surface area contributed by atoms with E-state index < -0.39 is 0 Å². The molecule has 1 unspecified atom stereocenters. The number of aliphatic hydroxyl groups excluding tert-OH is 1. The monoisotopic (exact) mass is 336 g/mol. The van der Waals surface area contributed by atoms with Crippen LogP contribution in [0, 0.1) is 5.92 Å². The van der Waals surface area contributed by atoms with Crippen molar-refractivity contribution in [2.24, 2.45) is 5.92 Å². The van der Waals surface area contributed by atoms with Crippen LogP contribution in [0.3, 0.4) is 0 Å². The minimum Gasteiger partial charge on any atom is -0.390 e. The van der Waals surface area contributed by atoms with Crippen LogP contribution in [0.5, 0.6) is 0 Å². The van der Waals surface area contributed by atoms with Crippen LogP contribution < -0.4 is 0 Å². The van der Waals surface area contributed by atoms with Gasteiger partial charge in [0, 0.05) is 19.5 Å². The maximum Gasteiger partial charge on any atom is 0.223 e. The Labute approximate surface area is 143 Å². The van der Waals surface area contributed by atoms with Gasteiger partial charge in [-0.2, -0.15) is 0 Å². The summed E-state index contributed by atoms with van der Waals surface area (Å²) >= 11 is 0. The highest BCUT2D eigenvalue weighted by Gasteiger charge is 2.26. The van der Waals surface area contributed by atoms with Gasteiger partial charge >= 0.3 is 0 Å². The van der Waals surface area contributed by atoms with Crippen molar-refractivity contribution in [2.75, 3.05) is 19.7 Å². The van der Waals surface area contributed by atoms with Gasteiger partial charge in [-0.05, 0) is 18.8 Å². The Bertz CT molecular complexity index is 526. The third kappa shape index (κ3) is 4.77. The van der Waals surface area contributed by atoms with Crippen molar-refractivity contribution in [3.8, 4) is 0 Å². The van der Waals surface area contributed by atoms with E-state index in [1.165, 1.54) is 38.5 Å². The van der Waals surface area contributed by atoms with Crippen molar-refractivity contribution < 1.29 is 14.6 Å². The van der Waals surface area contributed by atoms with Crippen molar-refractivity contribution in [1.82, 2.24) is 19.9 Å². The summed E-state index contributed by atoms with van der Waals surface area (Å²) in [5.74, 6) is 0.827. The number of carbonyl (C=O) groups excluding carboxylic acids is 1. The molecule has 7 heteroatoms. The highest BCUT2D eigenvalue weighted by Crippen LogP contribution is 2.26. The number of hydrogen-bond donors (Lipinski definition) is 1. The van der Waals surface area contributed by atoms with E-state index in [1.807, 2.05) is 4.90 Å². The minimum atomic E-state index is -0.114. The second-order valence-corrected chi connectivity index (χ2v) is 6.98. The highest BCUT2D eigenvalue weighted by atomic mass is 16.5. The molecule has 2 aliphatic rings. The van der Waals surface area contributed by atoms with Gasteiger partial charge in [-0.25, -0.2) is 4.68 Å². The van der Waals surface area contributed by atoms with Crippen molar-refractivity contribution >= 4 is 5.91 Å². The van der Waals surface area contributed by atoms with Crippen molar-refractivity contribution in [1.29, 1.82) is 0 Å². The van der Waals surface area contributed by atoms with E-state index in [9.17, 15) is 4.79 Å². The number of hydrogen-bond acceptors (Lipinski definition) is 5. The van der Waals surface area contributed by atoms with Crippen LogP contribution >= 0.6 is 0 Å². The molecule has 24 heavy (non-hydrogen) atoms. The van der Waals surface area contributed by atoms with Gasteiger partial charge in [0.25, 0.3) is 0 Å². The first-order chi connectivity index (χ1) is 11.7. The fraction of sp³-hybridized carbons (Fsp3) is 0.824. The largest absolute Gasteiger partial charge is 0.390 e. The molecule has 1 saturated heterocycles. The number of aromatic nitrogens is 3. The first-order valence-corrected chi connectivity index (χ1v) is 9.14. The number of aliphatic hydroxyl groups is 1. The van der Waals surface area contributed by atoms with E-state index in [0.29, 0.717) is 44.3 Å². The first kappa shape index (κ1) is 17.4. The van der Waals surface area contributed by atoms with E-state index in [2.05, 4.69) is 10.3 Å². The average Bonchev–Trinajstić information content (AvgIpc) is 2.89. The predicted octanol–water partition coefficient (Wildman–Crippen LogP) is 1.36. The Morgan fingerprint density at radius 3 is 2.79 bits per heavy atom. The van der Waals surface area contributed by atoms with Crippen molar-refractivity contribution in [2.45, 2.75) is 64.2 Å². The molecule has 1 aliphatic heterocycles. The zero-order chi connectivity index (χ0) is 16.8. The zero-order valence-electron chi connectivity index (χ0n) is 14.3. The predicted molar refractivity (Wildman–Crippen MR) is 88.1 cm³/mol. The standard InChI is InChI=1S/C17H28N4O3/c22-13-15-10-21(19-18-15)12-16-11-20(7-8-24-16)17(23)9-14-5-3-1-2-4-6-14/h10,14,16,22H,1-9,11-13H2. The molecule has 0 radical (unpaired) electrons. The number of nitrogens with zero attached hydrogens (tertiary/aromatic N) is 4. The average molecular weight is 336 g/mol. The second kappa shape index (κ2) is 8.58. The van der Waals surface area contributed by atoms with Gasteiger partial charge in [0.2, 0.25) is 5.91 Å². The number of rotatable bonds is 5. The summed E-state index contributed by atoms with van der Waals surface area (Å²) in [5, 5.41) is 16.9. The lowest BCUT2D eigenvalue weighted by Gasteiger charge is -2.33. The zero-order valence-corrected chi connectivity index (χ0v) is 14.3. The lowest BCUT2D eigenvalue weighted by atomic mass is 9.96. The van der Waals surface area contributed by atoms with Gasteiger partial charge in [0.1, 0.15) is 5.69 Å². The molecule has 2 heterocycles. The summed E-state index contributed by atoms with van der Waals surface area (Å²) in [6.07, 6.45) is 9.90. The molecule has 1 N–H and O–H groups in total. The Morgan fingerprint density at radius 2 is 2.08 bits per heavy atom. The van der Waals surface area contributed by atoms with E-state index in [-0.39, 0.29) is 18.6 Å². The second-order valence-electron chi connectivity index (χ2n) is 6.98. The molecule has 2 fully saturated rings. The summed E-state index contributed by atoms with van der Waals surface area (Å²) in [6.45, 7) is 2.31. The number of carbonyl (C=O) groups is 1. The quantitative estimate of drug-likeness (QED) is 0.821. The van der Waals surface area contributed by atoms with Crippen LogP contribution in [0.25, 0.3) is 0 Å². The molecular formula is C17H28N4O3. The van der Waals surface area contributed by atoms with Crippen molar-refractivity contribution in [3.63, 3.8) is 0 Å². The third-order valence-corrected chi connectivity index (χ3v) is 5.07. The first-order valence-electron chi connectivity index (χ1n) is 9.14. The summed E-state index contributed by atoms with van der Waals surface area (Å²) in [5.41, 5.74) is 0.548. The number of amides is 1. The fourth-order valence-corrected chi connectivity index (χ4v) is 3.71. The smallest absolute Gasteiger partial charge is 0.223 e. The van der Waals surface area contributed by atoms with Gasteiger partial charge < -0.3 is 14.7 Å². The maximum absolute atomic E-state index is 12.6. The van der Waals surface area contributed by atoms with Gasteiger partial charge in [-0.1, -0.05) is 30.9 Å². The molecule has 7 nitrogen and oxygen atoms in total. The van der Waals surface area contributed by atoms with E-state index >= 15 is 0 Å². The molecule has 1 atom stereocenters. The highest BCUT2D eigenvalue weighted by molar-refractivity contribution is 5.76. The molecule has 1 aliphatic carbocycles. The summed E-state index contributed by atoms with van der Waals surface area (Å²) in [7, 11) is 0. The fourth-order valence-electron chi connectivity index (χ4n) is 3.71. The Hall–Kier alpha value is -1.47. The van der Waals surface area contributed by atoms with Gasteiger partial charge in [-0.15, -0.1) is 5.10 Å². The number of ether oxygens (including phenoxy) is 1. The molecule has 0 aromatic carbocycles. The van der Waals surface area contributed by atoms with Gasteiger partial charge in [-0.3, -0.25) is 4.79 Å². The minimum absolute atomic E-state index is 0.0647. The van der Waals surface area contributed by atoms with Gasteiger partial charge in [0.05, 0.1) is 32.1 Å². The molecular weight excluding hydrogens is 308 g/mol.